The van der Waals surface area contributed by atoms with Crippen molar-refractivity contribution in [2.75, 3.05) is 0 Å². The smallest absolute Gasteiger partial charge is 0.116 e. The lowest BCUT2D eigenvalue weighted by Gasteiger charge is -2.61. The van der Waals surface area contributed by atoms with Crippen molar-refractivity contribution in [3.63, 3.8) is 0 Å². The van der Waals surface area contributed by atoms with Crippen molar-refractivity contribution in [2.45, 2.75) is 37.5 Å². The second-order valence-electron chi connectivity index (χ2n) is 18.6. The van der Waals surface area contributed by atoms with Gasteiger partial charge >= 0.3 is 0 Å². The van der Waals surface area contributed by atoms with Gasteiger partial charge in [-0.25, -0.2) is 9.97 Å². The lowest BCUT2D eigenvalue weighted by Crippen LogP contribution is -2.55. The summed E-state index contributed by atoms with van der Waals surface area (Å²) in [4.78, 5) is 8.87. The van der Waals surface area contributed by atoms with Crippen molar-refractivity contribution < 1.29 is 0 Å². The predicted octanol–water partition coefficient (Wildman–Crippen LogP) is 14.4. The molecule has 4 bridgehead atoms. The van der Waals surface area contributed by atoms with E-state index >= 15 is 0 Å². The van der Waals surface area contributed by atoms with E-state index in [0.717, 1.165) is 39.6 Å². The zero-order valence-electron chi connectivity index (χ0n) is 33.6. The van der Waals surface area contributed by atoms with Gasteiger partial charge in [0.1, 0.15) is 6.33 Å². The van der Waals surface area contributed by atoms with Gasteiger partial charge < -0.3 is 9.13 Å². The van der Waals surface area contributed by atoms with Crippen LogP contribution in [0.1, 0.15) is 43.2 Å². The van der Waals surface area contributed by atoms with Crippen LogP contribution < -0.4 is 0 Å². The third-order valence-corrected chi connectivity index (χ3v) is 16.9. The van der Waals surface area contributed by atoms with E-state index in [-0.39, 0.29) is 5.41 Å². The molecular weight excluding hydrogens is 761 g/mol. The number of para-hydroxylation sites is 2. The first-order valence-corrected chi connectivity index (χ1v) is 22.9. The van der Waals surface area contributed by atoms with Gasteiger partial charge in [0, 0.05) is 54.6 Å². The molecule has 0 atom stereocenters. The number of hydrogen-bond donors (Lipinski definition) is 0. The zero-order valence-corrected chi connectivity index (χ0v) is 34.4. The molecule has 0 amide bonds. The van der Waals surface area contributed by atoms with Crippen LogP contribution in [0.4, 0.5) is 0 Å². The first-order chi connectivity index (χ1) is 30.2. The summed E-state index contributed by atoms with van der Waals surface area (Å²) in [5.74, 6) is 3.34. The molecule has 61 heavy (non-hydrogen) atoms. The number of benzene rings is 7. The molecule has 4 fully saturated rings. The molecule has 5 aliphatic rings. The third-order valence-electron chi connectivity index (χ3n) is 15.9. The van der Waals surface area contributed by atoms with Crippen molar-refractivity contribution in [3.05, 3.63) is 169 Å². The molecule has 0 radical (unpaired) electrons. The Labute approximate surface area is 356 Å². The van der Waals surface area contributed by atoms with Gasteiger partial charge in [-0.15, -0.1) is 11.3 Å². The van der Waals surface area contributed by atoms with E-state index in [2.05, 4.69) is 165 Å². The van der Waals surface area contributed by atoms with Crippen molar-refractivity contribution in [1.82, 2.24) is 19.1 Å². The quantitative estimate of drug-likeness (QED) is 0.178. The Balaban J connectivity index is 0.881. The van der Waals surface area contributed by atoms with Gasteiger partial charge in [-0.2, -0.15) is 0 Å². The molecule has 7 aromatic carbocycles. The van der Waals surface area contributed by atoms with E-state index in [9.17, 15) is 0 Å². The monoisotopic (exact) mass is 800 g/mol. The Morgan fingerprint density at radius 2 is 1.07 bits per heavy atom. The highest BCUT2D eigenvalue weighted by Crippen LogP contribution is 2.69. The van der Waals surface area contributed by atoms with Gasteiger partial charge in [-0.05, 0) is 156 Å². The number of rotatable bonds is 3. The molecule has 0 aliphatic heterocycles. The van der Waals surface area contributed by atoms with E-state index in [0.29, 0.717) is 0 Å². The first kappa shape index (κ1) is 33.2. The largest absolute Gasteiger partial charge is 0.309 e. The molecule has 4 aromatic heterocycles. The molecule has 11 aromatic rings. The SMILES string of the molecule is c1ccc2c(c1)-c1ccc(-n3c4ccccc4c4cc(-c5ccc6c(c5)c5ccccc5n6-c5ccc6c(c5)sc5cncnc56)ccc43)cc1C21C2CC3CC(C2)CC1C3. The molecule has 16 rings (SSSR count). The minimum absolute atomic E-state index is 0.142. The Morgan fingerprint density at radius 1 is 0.475 bits per heavy atom. The molecule has 1 spiro atoms. The van der Waals surface area contributed by atoms with Crippen LogP contribution >= 0.6 is 11.3 Å². The summed E-state index contributed by atoms with van der Waals surface area (Å²) in [5, 5.41) is 6.29. The van der Waals surface area contributed by atoms with Gasteiger partial charge in [0.05, 0.1) is 32.3 Å². The van der Waals surface area contributed by atoms with E-state index in [1.165, 1.54) is 114 Å². The topological polar surface area (TPSA) is 35.6 Å². The lowest BCUT2D eigenvalue weighted by molar-refractivity contribution is -0.0399. The predicted molar refractivity (Wildman–Crippen MR) is 252 cm³/mol. The summed E-state index contributed by atoms with van der Waals surface area (Å²) >= 11 is 1.76. The number of fused-ring (bicyclic) bond motifs is 12. The Hall–Kier alpha value is -6.56. The molecule has 290 valence electrons. The van der Waals surface area contributed by atoms with Gasteiger partial charge in [0.2, 0.25) is 0 Å². The fraction of sp³-hybridized carbons (Fsp3) is 0.179. The van der Waals surface area contributed by atoms with Crippen molar-refractivity contribution in [1.29, 1.82) is 0 Å². The molecule has 4 saturated carbocycles. The maximum absolute atomic E-state index is 4.59. The third kappa shape index (κ3) is 4.30. The summed E-state index contributed by atoms with van der Waals surface area (Å²) in [7, 11) is 0. The number of nitrogens with zero attached hydrogens (tertiary/aromatic N) is 4. The van der Waals surface area contributed by atoms with Crippen molar-refractivity contribution >= 4 is 75.3 Å². The standard InChI is InChI=1S/C56H40N4S/c1-4-10-47-40(7-1)41-17-15-38(28-48(41)56(47)36-22-32-21-33(24-36)25-37(56)23-32)59-49-11-5-2-8-42(49)45-26-34(13-19-51(45)59)35-14-20-52-46(27-35)43-9-3-6-12-50(43)60(52)39-16-18-44-53(29-39)61-54-30-57-31-58-55(44)54/h1-20,26-33,36-37H,21-25H2. The second kappa shape index (κ2) is 11.8. The van der Waals surface area contributed by atoms with Gasteiger partial charge in [0.15, 0.2) is 0 Å². The molecule has 0 unspecified atom stereocenters. The number of hydrogen-bond acceptors (Lipinski definition) is 3. The number of aromatic nitrogens is 4. The van der Waals surface area contributed by atoms with Crippen LogP contribution in [-0.4, -0.2) is 19.1 Å². The van der Waals surface area contributed by atoms with Gasteiger partial charge in [-0.3, -0.25) is 0 Å². The van der Waals surface area contributed by atoms with Crippen LogP contribution in [0.25, 0.3) is 97.5 Å². The molecule has 5 aliphatic carbocycles. The lowest BCUT2D eigenvalue weighted by atomic mass is 9.43. The Morgan fingerprint density at radius 3 is 1.77 bits per heavy atom. The highest BCUT2D eigenvalue weighted by atomic mass is 32.1. The first-order valence-electron chi connectivity index (χ1n) is 22.1. The molecule has 0 N–H and O–H groups in total. The fourth-order valence-electron chi connectivity index (χ4n) is 13.8. The van der Waals surface area contributed by atoms with Crippen molar-refractivity contribution in [3.8, 4) is 33.6 Å². The van der Waals surface area contributed by atoms with Crippen LogP contribution in [-0.2, 0) is 5.41 Å². The van der Waals surface area contributed by atoms with Crippen LogP contribution in [0.15, 0.2) is 158 Å². The summed E-state index contributed by atoms with van der Waals surface area (Å²) in [6.45, 7) is 0. The highest BCUT2D eigenvalue weighted by Gasteiger charge is 2.61. The van der Waals surface area contributed by atoms with E-state index in [1.54, 1.807) is 28.8 Å². The highest BCUT2D eigenvalue weighted by molar-refractivity contribution is 7.25. The van der Waals surface area contributed by atoms with Gasteiger partial charge in [-0.1, -0.05) is 78.9 Å². The Kier molecular flexibility index (Phi) is 6.44. The number of thiophene rings is 1. The maximum atomic E-state index is 4.59. The van der Waals surface area contributed by atoms with E-state index in [1.807, 2.05) is 6.20 Å². The van der Waals surface area contributed by atoms with E-state index < -0.39 is 0 Å². The molecule has 4 nitrogen and oxygen atoms in total. The molecule has 0 saturated heterocycles. The Bertz CT molecular complexity index is 3670. The average Bonchev–Trinajstić information content (AvgIpc) is 4.02. The summed E-state index contributed by atoms with van der Waals surface area (Å²) < 4.78 is 7.31. The average molecular weight is 801 g/mol. The summed E-state index contributed by atoms with van der Waals surface area (Å²) in [6, 6.07) is 55.8. The van der Waals surface area contributed by atoms with Crippen LogP contribution in [0.3, 0.4) is 0 Å². The summed E-state index contributed by atoms with van der Waals surface area (Å²) in [5.41, 5.74) is 17.2. The summed E-state index contributed by atoms with van der Waals surface area (Å²) in [6.07, 6.45) is 10.6. The van der Waals surface area contributed by atoms with Crippen molar-refractivity contribution in [2.24, 2.45) is 23.7 Å². The van der Waals surface area contributed by atoms with E-state index in [4.69, 9.17) is 0 Å². The minimum Gasteiger partial charge on any atom is -0.309 e. The molecule has 5 heteroatoms. The van der Waals surface area contributed by atoms with Crippen LogP contribution in [0.5, 0.6) is 0 Å². The second-order valence-corrected chi connectivity index (χ2v) is 19.7. The van der Waals surface area contributed by atoms with Crippen LogP contribution in [0.2, 0.25) is 0 Å². The molecule has 4 heterocycles. The zero-order chi connectivity index (χ0) is 39.6. The fourth-order valence-corrected chi connectivity index (χ4v) is 14.8. The van der Waals surface area contributed by atoms with Crippen LogP contribution in [0, 0.1) is 23.7 Å². The minimum atomic E-state index is 0.142. The normalized spacial score (nSPS) is 22.5. The maximum Gasteiger partial charge on any atom is 0.116 e. The van der Waals surface area contributed by atoms with Gasteiger partial charge in [0.25, 0.3) is 0 Å². The molecular formula is C56H40N4S.